The van der Waals surface area contributed by atoms with Crippen molar-refractivity contribution in [3.8, 4) is 5.75 Å². The van der Waals surface area contributed by atoms with E-state index in [4.69, 9.17) is 11.6 Å². The van der Waals surface area contributed by atoms with E-state index in [9.17, 15) is 8.78 Å². The molecular formula is C19H24ClF2IN4O. The molecule has 0 saturated heterocycles. The van der Waals surface area contributed by atoms with Gasteiger partial charge >= 0.3 is 6.61 Å². The summed E-state index contributed by atoms with van der Waals surface area (Å²) in [6, 6.07) is 8.74. The summed E-state index contributed by atoms with van der Waals surface area (Å²) >= 11 is 5.78. The lowest BCUT2D eigenvalue weighted by Crippen LogP contribution is -2.38. The molecule has 5 nitrogen and oxygen atoms in total. The molecule has 1 aromatic heterocycles. The van der Waals surface area contributed by atoms with Gasteiger partial charge in [-0.1, -0.05) is 35.4 Å². The lowest BCUT2D eigenvalue weighted by molar-refractivity contribution is -0.0504. The molecule has 0 aliphatic heterocycles. The van der Waals surface area contributed by atoms with E-state index in [1.54, 1.807) is 30.5 Å². The molecule has 0 aliphatic rings. The molecule has 0 unspecified atom stereocenters. The number of halogens is 4. The molecule has 154 valence electrons. The predicted octanol–water partition coefficient (Wildman–Crippen LogP) is 4.56. The SMILES string of the molecule is CCNC(=NCc1cc(C)ccc1OC(F)F)NCCc1ccc(Cl)nc1.I. The van der Waals surface area contributed by atoms with Crippen LogP contribution < -0.4 is 15.4 Å². The maximum atomic E-state index is 12.6. The highest BCUT2D eigenvalue weighted by molar-refractivity contribution is 14.0. The summed E-state index contributed by atoms with van der Waals surface area (Å²) in [7, 11) is 0. The minimum Gasteiger partial charge on any atom is -0.434 e. The van der Waals surface area contributed by atoms with E-state index in [2.05, 4.69) is 25.3 Å². The molecule has 0 aliphatic carbocycles. The van der Waals surface area contributed by atoms with Gasteiger partial charge in [-0.25, -0.2) is 9.98 Å². The molecule has 2 aromatic rings. The van der Waals surface area contributed by atoms with Crippen molar-refractivity contribution in [3.05, 3.63) is 58.4 Å². The van der Waals surface area contributed by atoms with Crippen molar-refractivity contribution < 1.29 is 13.5 Å². The molecule has 1 aromatic carbocycles. The van der Waals surface area contributed by atoms with Crippen LogP contribution in [0.25, 0.3) is 0 Å². The number of hydrogen-bond acceptors (Lipinski definition) is 3. The minimum atomic E-state index is -2.87. The number of hydrogen-bond donors (Lipinski definition) is 2. The van der Waals surface area contributed by atoms with Crippen molar-refractivity contribution >= 4 is 41.5 Å². The summed E-state index contributed by atoms with van der Waals surface area (Å²) in [6.07, 6.45) is 2.48. The molecular weight excluding hydrogens is 501 g/mol. The normalized spacial score (nSPS) is 11.1. The first-order valence-corrected chi connectivity index (χ1v) is 9.02. The second-order valence-corrected chi connectivity index (χ2v) is 6.24. The van der Waals surface area contributed by atoms with Gasteiger partial charge < -0.3 is 15.4 Å². The Morgan fingerprint density at radius 2 is 2.04 bits per heavy atom. The Kier molecular flexibility index (Phi) is 11.1. The molecule has 0 fully saturated rings. The highest BCUT2D eigenvalue weighted by Gasteiger charge is 2.10. The summed E-state index contributed by atoms with van der Waals surface area (Å²) in [6.45, 7) is 2.53. The van der Waals surface area contributed by atoms with Gasteiger partial charge in [0.1, 0.15) is 10.9 Å². The number of benzene rings is 1. The Balaban J connectivity index is 0.00000392. The average molecular weight is 525 g/mol. The second-order valence-electron chi connectivity index (χ2n) is 5.85. The smallest absolute Gasteiger partial charge is 0.387 e. The van der Waals surface area contributed by atoms with E-state index in [0.29, 0.717) is 29.8 Å². The molecule has 2 N–H and O–H groups in total. The molecule has 0 bridgehead atoms. The third-order valence-electron chi connectivity index (χ3n) is 3.68. The molecule has 0 spiro atoms. The van der Waals surface area contributed by atoms with Crippen molar-refractivity contribution in [2.75, 3.05) is 13.1 Å². The number of aryl methyl sites for hydroxylation is 1. The summed E-state index contributed by atoms with van der Waals surface area (Å²) in [4.78, 5) is 8.52. The molecule has 0 atom stereocenters. The molecule has 9 heteroatoms. The monoisotopic (exact) mass is 524 g/mol. The third kappa shape index (κ3) is 8.55. The number of alkyl halides is 2. The van der Waals surface area contributed by atoms with Crippen LogP contribution in [-0.2, 0) is 13.0 Å². The van der Waals surface area contributed by atoms with Gasteiger partial charge in [-0.3, -0.25) is 0 Å². The number of aromatic nitrogens is 1. The Bertz CT molecular complexity index is 760. The van der Waals surface area contributed by atoms with E-state index < -0.39 is 6.61 Å². The fraction of sp³-hybridized carbons (Fsp3) is 0.368. The fourth-order valence-electron chi connectivity index (χ4n) is 2.43. The van der Waals surface area contributed by atoms with Crippen LogP contribution in [0.5, 0.6) is 5.75 Å². The van der Waals surface area contributed by atoms with Gasteiger partial charge in [-0.2, -0.15) is 8.78 Å². The maximum Gasteiger partial charge on any atom is 0.387 e. The lowest BCUT2D eigenvalue weighted by atomic mass is 10.1. The van der Waals surface area contributed by atoms with E-state index in [-0.39, 0.29) is 36.3 Å². The summed E-state index contributed by atoms with van der Waals surface area (Å²) in [5, 5.41) is 6.81. The number of nitrogens with zero attached hydrogens (tertiary/aromatic N) is 2. The van der Waals surface area contributed by atoms with Crippen LogP contribution in [0.3, 0.4) is 0 Å². The number of ether oxygens (including phenoxy) is 1. The Hall–Kier alpha value is -1.68. The quantitative estimate of drug-likeness (QED) is 0.230. The standard InChI is InChI=1S/C19H23ClF2N4O.HI/c1-3-23-19(24-9-8-14-5-7-17(20)25-11-14)26-12-15-10-13(2)4-6-16(15)27-18(21)22;/h4-7,10-11,18H,3,8-9,12H2,1-2H3,(H2,23,24,26);1H. The van der Waals surface area contributed by atoms with E-state index in [0.717, 1.165) is 17.5 Å². The molecule has 28 heavy (non-hydrogen) atoms. The first kappa shape index (κ1) is 24.4. The zero-order chi connectivity index (χ0) is 19.6. The molecule has 0 radical (unpaired) electrons. The van der Waals surface area contributed by atoms with Crippen molar-refractivity contribution in [2.24, 2.45) is 4.99 Å². The first-order valence-electron chi connectivity index (χ1n) is 8.65. The predicted molar refractivity (Wildman–Crippen MR) is 119 cm³/mol. The van der Waals surface area contributed by atoms with Crippen molar-refractivity contribution in [3.63, 3.8) is 0 Å². The molecule has 1 heterocycles. The van der Waals surface area contributed by atoms with Crippen LogP contribution in [0.15, 0.2) is 41.5 Å². The largest absolute Gasteiger partial charge is 0.434 e. The first-order chi connectivity index (χ1) is 13.0. The fourth-order valence-corrected chi connectivity index (χ4v) is 2.54. The summed E-state index contributed by atoms with van der Waals surface area (Å²) in [5.74, 6) is 0.742. The Morgan fingerprint density at radius 1 is 1.25 bits per heavy atom. The molecule has 2 rings (SSSR count). The van der Waals surface area contributed by atoms with Crippen molar-refractivity contribution in [2.45, 2.75) is 33.4 Å². The number of rotatable bonds is 8. The summed E-state index contributed by atoms with van der Waals surface area (Å²) < 4.78 is 29.7. The zero-order valence-electron chi connectivity index (χ0n) is 15.7. The zero-order valence-corrected chi connectivity index (χ0v) is 18.8. The number of guanidine groups is 1. The van der Waals surface area contributed by atoms with Crippen LogP contribution in [0, 0.1) is 6.92 Å². The minimum absolute atomic E-state index is 0. The van der Waals surface area contributed by atoms with Crippen LogP contribution in [-0.4, -0.2) is 30.6 Å². The highest BCUT2D eigenvalue weighted by atomic mass is 127. The van der Waals surface area contributed by atoms with Crippen molar-refractivity contribution in [1.82, 2.24) is 15.6 Å². The topological polar surface area (TPSA) is 58.5 Å². The van der Waals surface area contributed by atoms with Crippen LogP contribution in [0.2, 0.25) is 5.15 Å². The molecule has 0 saturated carbocycles. The van der Waals surface area contributed by atoms with Gasteiger partial charge in [0.25, 0.3) is 0 Å². The van der Waals surface area contributed by atoms with Gasteiger partial charge in [-0.15, -0.1) is 24.0 Å². The van der Waals surface area contributed by atoms with Gasteiger partial charge in [0, 0.05) is 24.8 Å². The third-order valence-corrected chi connectivity index (χ3v) is 3.90. The lowest BCUT2D eigenvalue weighted by Gasteiger charge is -2.13. The Morgan fingerprint density at radius 3 is 2.68 bits per heavy atom. The summed E-state index contributed by atoms with van der Waals surface area (Å²) in [5.41, 5.74) is 2.61. The average Bonchev–Trinajstić information content (AvgIpc) is 2.63. The van der Waals surface area contributed by atoms with Gasteiger partial charge in [0.05, 0.1) is 6.54 Å². The maximum absolute atomic E-state index is 12.6. The highest BCUT2D eigenvalue weighted by Crippen LogP contribution is 2.22. The second kappa shape index (κ2) is 12.7. The van der Waals surface area contributed by atoms with Crippen LogP contribution in [0.1, 0.15) is 23.6 Å². The van der Waals surface area contributed by atoms with Crippen molar-refractivity contribution in [1.29, 1.82) is 0 Å². The van der Waals surface area contributed by atoms with E-state index >= 15 is 0 Å². The van der Waals surface area contributed by atoms with Gasteiger partial charge in [-0.05, 0) is 38.0 Å². The number of nitrogens with one attached hydrogen (secondary N) is 2. The van der Waals surface area contributed by atoms with E-state index in [1.807, 2.05) is 19.9 Å². The van der Waals surface area contributed by atoms with Crippen LogP contribution in [0.4, 0.5) is 8.78 Å². The molecule has 0 amide bonds. The van der Waals surface area contributed by atoms with Crippen LogP contribution >= 0.6 is 35.6 Å². The Labute approximate surface area is 186 Å². The van der Waals surface area contributed by atoms with Gasteiger partial charge in [0.15, 0.2) is 5.96 Å². The number of aliphatic imine (C=N–C) groups is 1. The van der Waals surface area contributed by atoms with Gasteiger partial charge in [0.2, 0.25) is 0 Å². The van der Waals surface area contributed by atoms with E-state index in [1.165, 1.54) is 0 Å². The number of pyridine rings is 1.